The lowest BCUT2D eigenvalue weighted by Gasteiger charge is -2.22. The minimum Gasteiger partial charge on any atom is -1.00 e. The molecule has 0 spiro atoms. The van der Waals surface area contributed by atoms with E-state index in [1.54, 1.807) is 0 Å². The average molecular weight is 317 g/mol. The third kappa shape index (κ3) is 3.21. The van der Waals surface area contributed by atoms with E-state index >= 15 is 0 Å². The molecule has 0 radical (unpaired) electrons. The van der Waals surface area contributed by atoms with E-state index in [0.29, 0.717) is 0 Å². The van der Waals surface area contributed by atoms with Crippen LogP contribution in [0.4, 0.5) is 0 Å². The average Bonchev–Trinajstić information content (AvgIpc) is 2.42. The van der Waals surface area contributed by atoms with Crippen LogP contribution in [0.2, 0.25) is 0 Å². The molecule has 2 aromatic rings. The Morgan fingerprint density at radius 2 is 1.80 bits per heavy atom. The van der Waals surface area contributed by atoms with Crippen molar-refractivity contribution in [3.8, 4) is 0 Å². The number of nitrogens with zero attached hydrogens (tertiary/aromatic N) is 1. The number of hydrogen-bond donors (Lipinski definition) is 0. The van der Waals surface area contributed by atoms with Gasteiger partial charge in [-0.05, 0) is 12.1 Å². The van der Waals surface area contributed by atoms with Crippen LogP contribution in [0.1, 0.15) is 5.76 Å². The summed E-state index contributed by atoms with van der Waals surface area (Å²) in [5.41, 5.74) is 0.982. The number of hydrogen-bond acceptors (Lipinski definition) is 1. The SMILES string of the molecule is C[N+](C)(C)Cc1cc2ccccc2o1.[I-]. The van der Waals surface area contributed by atoms with Gasteiger partial charge in [0.25, 0.3) is 0 Å². The van der Waals surface area contributed by atoms with Crippen molar-refractivity contribution < 1.29 is 32.9 Å². The van der Waals surface area contributed by atoms with Gasteiger partial charge in [-0.25, -0.2) is 0 Å². The molecule has 0 N–H and O–H groups in total. The van der Waals surface area contributed by atoms with E-state index in [0.717, 1.165) is 22.4 Å². The van der Waals surface area contributed by atoms with Gasteiger partial charge < -0.3 is 32.9 Å². The van der Waals surface area contributed by atoms with Gasteiger partial charge in [0.05, 0.1) is 21.1 Å². The zero-order valence-corrected chi connectivity index (χ0v) is 11.5. The van der Waals surface area contributed by atoms with Crippen LogP contribution in [0, 0.1) is 0 Å². The summed E-state index contributed by atoms with van der Waals surface area (Å²) < 4.78 is 6.62. The Labute approximate surface area is 107 Å². The smallest absolute Gasteiger partial charge is 0.159 e. The van der Waals surface area contributed by atoms with E-state index in [2.05, 4.69) is 33.3 Å². The first-order chi connectivity index (χ1) is 6.54. The van der Waals surface area contributed by atoms with Crippen molar-refractivity contribution in [1.29, 1.82) is 0 Å². The van der Waals surface area contributed by atoms with Gasteiger partial charge in [-0.1, -0.05) is 18.2 Å². The van der Waals surface area contributed by atoms with Gasteiger partial charge in [-0.3, -0.25) is 0 Å². The molecule has 0 atom stereocenters. The summed E-state index contributed by atoms with van der Waals surface area (Å²) in [4.78, 5) is 0. The van der Waals surface area contributed by atoms with Gasteiger partial charge in [0.2, 0.25) is 0 Å². The van der Waals surface area contributed by atoms with Crippen molar-refractivity contribution in [2.24, 2.45) is 0 Å². The van der Waals surface area contributed by atoms with Crippen LogP contribution in [-0.4, -0.2) is 25.6 Å². The van der Waals surface area contributed by atoms with Gasteiger partial charge in [-0.15, -0.1) is 0 Å². The maximum Gasteiger partial charge on any atom is 0.159 e. The van der Waals surface area contributed by atoms with E-state index in [1.165, 1.54) is 5.39 Å². The largest absolute Gasteiger partial charge is 1.00 e. The first-order valence-corrected chi connectivity index (χ1v) is 4.82. The summed E-state index contributed by atoms with van der Waals surface area (Å²) in [6, 6.07) is 10.3. The molecule has 0 bridgehead atoms. The van der Waals surface area contributed by atoms with E-state index in [-0.39, 0.29) is 24.0 Å². The highest BCUT2D eigenvalue weighted by molar-refractivity contribution is 5.77. The predicted molar refractivity (Wildman–Crippen MR) is 58.0 cm³/mol. The molecule has 1 aromatic heterocycles. The topological polar surface area (TPSA) is 13.1 Å². The number of rotatable bonds is 2. The molecule has 82 valence electrons. The third-order valence-corrected chi connectivity index (χ3v) is 2.11. The van der Waals surface area contributed by atoms with Crippen LogP contribution < -0.4 is 24.0 Å². The summed E-state index contributed by atoms with van der Waals surface area (Å²) in [7, 11) is 6.48. The van der Waals surface area contributed by atoms with Crippen LogP contribution in [0.3, 0.4) is 0 Å². The summed E-state index contributed by atoms with van der Waals surface area (Å²) in [5.74, 6) is 1.05. The van der Waals surface area contributed by atoms with Gasteiger partial charge in [0, 0.05) is 5.39 Å². The number of para-hydroxylation sites is 1. The fourth-order valence-electron chi connectivity index (χ4n) is 1.58. The monoisotopic (exact) mass is 317 g/mol. The fourth-order valence-corrected chi connectivity index (χ4v) is 1.58. The normalized spacial score (nSPS) is 11.4. The molecular weight excluding hydrogens is 301 g/mol. The summed E-state index contributed by atoms with van der Waals surface area (Å²) in [6.07, 6.45) is 0. The second-order valence-corrected chi connectivity index (χ2v) is 4.70. The van der Waals surface area contributed by atoms with Crippen LogP contribution in [0.15, 0.2) is 34.7 Å². The van der Waals surface area contributed by atoms with E-state index in [1.807, 2.05) is 18.2 Å². The van der Waals surface area contributed by atoms with Gasteiger partial charge in [0.1, 0.15) is 12.1 Å². The molecule has 0 amide bonds. The van der Waals surface area contributed by atoms with Crippen molar-refractivity contribution >= 4 is 11.0 Å². The summed E-state index contributed by atoms with van der Waals surface area (Å²) >= 11 is 0. The predicted octanol–water partition coefficient (Wildman–Crippen LogP) is -0.357. The van der Waals surface area contributed by atoms with Crippen molar-refractivity contribution in [3.63, 3.8) is 0 Å². The molecular formula is C12H16INO. The lowest BCUT2D eigenvalue weighted by atomic mass is 10.2. The lowest BCUT2D eigenvalue weighted by molar-refractivity contribution is -0.884. The van der Waals surface area contributed by atoms with E-state index in [9.17, 15) is 0 Å². The summed E-state index contributed by atoms with van der Waals surface area (Å²) in [6.45, 7) is 0.925. The molecule has 0 fully saturated rings. The Balaban J connectivity index is 0.00000112. The highest BCUT2D eigenvalue weighted by atomic mass is 127. The number of halogens is 1. The molecule has 0 aliphatic heterocycles. The Morgan fingerprint density at radius 3 is 2.40 bits per heavy atom. The molecule has 2 nitrogen and oxygen atoms in total. The van der Waals surface area contributed by atoms with Gasteiger partial charge >= 0.3 is 0 Å². The van der Waals surface area contributed by atoms with Crippen molar-refractivity contribution in [2.45, 2.75) is 6.54 Å². The highest BCUT2D eigenvalue weighted by Crippen LogP contribution is 2.20. The first-order valence-electron chi connectivity index (χ1n) is 4.82. The maximum absolute atomic E-state index is 5.73. The number of benzene rings is 1. The van der Waals surface area contributed by atoms with Crippen molar-refractivity contribution in [1.82, 2.24) is 0 Å². The van der Waals surface area contributed by atoms with Crippen LogP contribution >= 0.6 is 0 Å². The van der Waals surface area contributed by atoms with Crippen molar-refractivity contribution in [3.05, 3.63) is 36.1 Å². The molecule has 0 unspecified atom stereocenters. The first kappa shape index (κ1) is 12.5. The number of quaternary nitrogens is 1. The minimum atomic E-state index is 0. The molecule has 3 heteroatoms. The quantitative estimate of drug-likeness (QED) is 0.545. The fraction of sp³-hybridized carbons (Fsp3) is 0.333. The van der Waals surface area contributed by atoms with Gasteiger partial charge in [-0.2, -0.15) is 0 Å². The summed E-state index contributed by atoms with van der Waals surface area (Å²) in [5, 5.41) is 1.19. The minimum absolute atomic E-state index is 0. The second-order valence-electron chi connectivity index (χ2n) is 4.70. The Morgan fingerprint density at radius 1 is 1.13 bits per heavy atom. The Hall–Kier alpha value is -0.550. The van der Waals surface area contributed by atoms with E-state index < -0.39 is 0 Å². The van der Waals surface area contributed by atoms with Crippen LogP contribution in [-0.2, 0) is 6.54 Å². The molecule has 0 aliphatic carbocycles. The standard InChI is InChI=1S/C12H16NO.HI/c1-13(2,3)9-11-8-10-6-4-5-7-12(10)14-11;/h4-8H,9H2,1-3H3;1H/q+1;/p-1. The molecule has 1 heterocycles. The van der Waals surface area contributed by atoms with E-state index in [4.69, 9.17) is 4.42 Å². The number of furan rings is 1. The van der Waals surface area contributed by atoms with Crippen LogP contribution in [0.5, 0.6) is 0 Å². The Kier molecular flexibility index (Phi) is 3.78. The maximum atomic E-state index is 5.73. The zero-order valence-electron chi connectivity index (χ0n) is 9.33. The van der Waals surface area contributed by atoms with Crippen molar-refractivity contribution in [2.75, 3.05) is 21.1 Å². The molecule has 0 saturated carbocycles. The number of fused-ring (bicyclic) bond motifs is 1. The molecule has 0 aliphatic rings. The molecule has 0 saturated heterocycles. The molecule has 15 heavy (non-hydrogen) atoms. The van der Waals surface area contributed by atoms with Crippen LogP contribution in [0.25, 0.3) is 11.0 Å². The molecule has 1 aromatic carbocycles. The highest BCUT2D eigenvalue weighted by Gasteiger charge is 2.12. The zero-order chi connectivity index (χ0) is 10.2. The third-order valence-electron chi connectivity index (χ3n) is 2.11. The molecule has 2 rings (SSSR count). The second kappa shape index (κ2) is 4.53. The Bertz CT molecular complexity index is 409. The lowest BCUT2D eigenvalue weighted by Crippen LogP contribution is -3.00. The van der Waals surface area contributed by atoms with Gasteiger partial charge in [0.15, 0.2) is 5.76 Å².